The van der Waals surface area contributed by atoms with Gasteiger partial charge in [-0.1, -0.05) is 35.5 Å². The fourth-order valence-electron chi connectivity index (χ4n) is 2.54. The summed E-state index contributed by atoms with van der Waals surface area (Å²) in [6.07, 6.45) is 2.58. The van der Waals surface area contributed by atoms with E-state index in [2.05, 4.69) is 15.5 Å². The lowest BCUT2D eigenvalue weighted by Gasteiger charge is -2.09. The molecule has 1 heterocycles. The summed E-state index contributed by atoms with van der Waals surface area (Å²) in [6.45, 7) is 1.38. The van der Waals surface area contributed by atoms with Gasteiger partial charge in [0.05, 0.1) is 16.3 Å². The summed E-state index contributed by atoms with van der Waals surface area (Å²) in [7, 11) is -3.40. The number of hydrogen-bond donors (Lipinski definition) is 1. The Kier molecular flexibility index (Phi) is 7.54. The molecule has 12 heteroatoms. The SMILES string of the molecule is Cc1ccc(-n2cnnc2SCC(=O)OCC(=O)Nc2cccc(S(C)(=O)=O)c2)cc1Cl. The standard InChI is InChI=1S/C20H19ClN4O5S2/c1-13-6-7-15(9-17(13)21)25-12-22-24-20(25)31-11-19(27)30-10-18(26)23-14-4-3-5-16(8-14)32(2,28)29/h3-9,12H,10-11H2,1-2H3,(H,23,26). The molecule has 1 N–H and O–H groups in total. The van der Waals surface area contributed by atoms with Gasteiger partial charge < -0.3 is 10.1 Å². The smallest absolute Gasteiger partial charge is 0.316 e. The summed E-state index contributed by atoms with van der Waals surface area (Å²) >= 11 is 7.27. The van der Waals surface area contributed by atoms with Gasteiger partial charge >= 0.3 is 5.97 Å². The molecule has 0 aliphatic rings. The zero-order valence-electron chi connectivity index (χ0n) is 17.1. The van der Waals surface area contributed by atoms with Gasteiger partial charge in [0.2, 0.25) is 0 Å². The lowest BCUT2D eigenvalue weighted by molar-refractivity contribution is -0.144. The minimum absolute atomic E-state index is 0.0719. The third-order valence-electron chi connectivity index (χ3n) is 4.18. The van der Waals surface area contributed by atoms with Crippen LogP contribution in [0.3, 0.4) is 0 Å². The Labute approximate surface area is 194 Å². The number of carbonyl (C=O) groups is 2. The van der Waals surface area contributed by atoms with Gasteiger partial charge in [0.25, 0.3) is 5.91 Å². The highest BCUT2D eigenvalue weighted by atomic mass is 35.5. The summed E-state index contributed by atoms with van der Waals surface area (Å²) in [4.78, 5) is 24.1. The molecule has 0 spiro atoms. The van der Waals surface area contributed by atoms with Gasteiger partial charge in [0.1, 0.15) is 6.33 Å². The topological polar surface area (TPSA) is 120 Å². The number of amides is 1. The number of nitrogens with zero attached hydrogens (tertiary/aromatic N) is 3. The van der Waals surface area contributed by atoms with Crippen LogP contribution in [-0.4, -0.2) is 53.7 Å². The fraction of sp³-hybridized carbons (Fsp3) is 0.200. The molecular weight excluding hydrogens is 476 g/mol. The lowest BCUT2D eigenvalue weighted by atomic mass is 10.2. The van der Waals surface area contributed by atoms with Crippen molar-refractivity contribution in [1.82, 2.24) is 14.8 Å². The van der Waals surface area contributed by atoms with Crippen molar-refractivity contribution in [3.8, 4) is 5.69 Å². The number of carbonyl (C=O) groups excluding carboxylic acids is 2. The predicted molar refractivity (Wildman–Crippen MR) is 121 cm³/mol. The van der Waals surface area contributed by atoms with Crippen molar-refractivity contribution >= 4 is 50.8 Å². The van der Waals surface area contributed by atoms with E-state index in [0.29, 0.717) is 10.2 Å². The van der Waals surface area contributed by atoms with Gasteiger partial charge in [-0.05, 0) is 42.8 Å². The zero-order valence-corrected chi connectivity index (χ0v) is 19.5. The van der Waals surface area contributed by atoms with E-state index in [1.807, 2.05) is 19.1 Å². The van der Waals surface area contributed by atoms with E-state index >= 15 is 0 Å². The van der Waals surface area contributed by atoms with E-state index in [-0.39, 0.29) is 16.3 Å². The van der Waals surface area contributed by atoms with Crippen molar-refractivity contribution in [2.75, 3.05) is 23.9 Å². The van der Waals surface area contributed by atoms with Crippen molar-refractivity contribution in [2.24, 2.45) is 0 Å². The third kappa shape index (κ3) is 6.31. The number of sulfone groups is 1. The van der Waals surface area contributed by atoms with Crippen molar-refractivity contribution in [1.29, 1.82) is 0 Å². The molecule has 0 unspecified atom stereocenters. The number of rotatable bonds is 8. The number of aromatic nitrogens is 3. The number of thioether (sulfide) groups is 1. The van der Waals surface area contributed by atoms with Gasteiger partial charge in [-0.15, -0.1) is 10.2 Å². The average molecular weight is 495 g/mol. The molecule has 0 saturated heterocycles. The van der Waals surface area contributed by atoms with Crippen LogP contribution < -0.4 is 5.32 Å². The van der Waals surface area contributed by atoms with Crippen LogP contribution in [0.2, 0.25) is 5.02 Å². The molecule has 32 heavy (non-hydrogen) atoms. The zero-order chi connectivity index (χ0) is 23.3. The molecule has 3 rings (SSSR count). The number of halogens is 1. The van der Waals surface area contributed by atoms with Crippen molar-refractivity contribution in [2.45, 2.75) is 17.0 Å². The van der Waals surface area contributed by atoms with E-state index < -0.39 is 28.3 Å². The Morgan fingerprint density at radius 2 is 2.00 bits per heavy atom. The summed E-state index contributed by atoms with van der Waals surface area (Å²) < 4.78 is 29.9. The Morgan fingerprint density at radius 3 is 2.72 bits per heavy atom. The Bertz CT molecular complexity index is 1260. The van der Waals surface area contributed by atoms with Gasteiger partial charge in [0, 0.05) is 17.0 Å². The number of benzene rings is 2. The first-order chi connectivity index (χ1) is 15.1. The first-order valence-electron chi connectivity index (χ1n) is 9.18. The van der Waals surface area contributed by atoms with E-state index in [0.717, 1.165) is 29.3 Å². The minimum atomic E-state index is -3.40. The van der Waals surface area contributed by atoms with Crippen LogP contribution in [-0.2, 0) is 24.2 Å². The molecule has 0 fully saturated rings. The molecule has 0 bridgehead atoms. The monoisotopic (exact) mass is 494 g/mol. The largest absolute Gasteiger partial charge is 0.455 e. The van der Waals surface area contributed by atoms with E-state index in [1.54, 1.807) is 10.6 Å². The quantitative estimate of drug-likeness (QED) is 0.375. The number of ether oxygens (including phenoxy) is 1. The number of esters is 1. The highest BCUT2D eigenvalue weighted by molar-refractivity contribution is 7.99. The molecule has 0 aliphatic heterocycles. The molecule has 1 amide bonds. The molecule has 168 valence electrons. The lowest BCUT2D eigenvalue weighted by Crippen LogP contribution is -2.21. The Morgan fingerprint density at radius 1 is 1.22 bits per heavy atom. The summed E-state index contributed by atoms with van der Waals surface area (Å²) in [5.41, 5.74) is 1.97. The molecule has 3 aromatic rings. The van der Waals surface area contributed by atoms with Crippen molar-refractivity contribution < 1.29 is 22.7 Å². The van der Waals surface area contributed by atoms with E-state index in [1.165, 1.54) is 30.6 Å². The number of aryl methyl sites for hydroxylation is 1. The maximum absolute atomic E-state index is 12.0. The second-order valence-corrected chi connectivity index (χ2v) is 10.1. The molecule has 2 aromatic carbocycles. The van der Waals surface area contributed by atoms with Crippen molar-refractivity contribution in [3.63, 3.8) is 0 Å². The normalized spacial score (nSPS) is 11.2. The summed E-state index contributed by atoms with van der Waals surface area (Å²) in [5.74, 6) is -1.30. The second kappa shape index (κ2) is 10.2. The number of anilines is 1. The highest BCUT2D eigenvalue weighted by Gasteiger charge is 2.14. The van der Waals surface area contributed by atoms with Crippen LogP contribution >= 0.6 is 23.4 Å². The minimum Gasteiger partial charge on any atom is -0.455 e. The van der Waals surface area contributed by atoms with E-state index in [4.69, 9.17) is 16.3 Å². The number of nitrogens with one attached hydrogen (secondary N) is 1. The Hall–Kier alpha value is -2.89. The molecular formula is C20H19ClN4O5S2. The Balaban J connectivity index is 1.52. The van der Waals surface area contributed by atoms with Crippen LogP contribution in [0.4, 0.5) is 5.69 Å². The van der Waals surface area contributed by atoms with Gasteiger partial charge in [0.15, 0.2) is 21.6 Å². The van der Waals surface area contributed by atoms with Crippen LogP contribution in [0.1, 0.15) is 5.56 Å². The number of hydrogen-bond acceptors (Lipinski definition) is 8. The van der Waals surface area contributed by atoms with Gasteiger partial charge in [-0.3, -0.25) is 14.2 Å². The molecule has 0 radical (unpaired) electrons. The van der Waals surface area contributed by atoms with Crippen LogP contribution in [0.25, 0.3) is 5.69 Å². The van der Waals surface area contributed by atoms with Gasteiger partial charge in [-0.2, -0.15) is 0 Å². The fourth-order valence-corrected chi connectivity index (χ4v) is 4.11. The average Bonchev–Trinajstić information content (AvgIpc) is 3.21. The maximum atomic E-state index is 12.0. The second-order valence-electron chi connectivity index (χ2n) is 6.71. The molecule has 9 nitrogen and oxygen atoms in total. The van der Waals surface area contributed by atoms with Crippen LogP contribution in [0, 0.1) is 6.92 Å². The first kappa shape index (κ1) is 23.8. The molecule has 1 aromatic heterocycles. The third-order valence-corrected chi connectivity index (χ3v) is 6.61. The maximum Gasteiger partial charge on any atom is 0.316 e. The molecule has 0 aliphatic carbocycles. The van der Waals surface area contributed by atoms with Crippen molar-refractivity contribution in [3.05, 3.63) is 59.4 Å². The highest BCUT2D eigenvalue weighted by Crippen LogP contribution is 2.24. The van der Waals surface area contributed by atoms with Crippen LogP contribution in [0.15, 0.2) is 58.8 Å². The molecule has 0 atom stereocenters. The summed E-state index contributed by atoms with van der Waals surface area (Å²) in [6, 6.07) is 11.3. The van der Waals surface area contributed by atoms with E-state index in [9.17, 15) is 18.0 Å². The summed E-state index contributed by atoms with van der Waals surface area (Å²) in [5, 5.41) is 11.4. The van der Waals surface area contributed by atoms with Crippen LogP contribution in [0.5, 0.6) is 0 Å². The first-order valence-corrected chi connectivity index (χ1v) is 12.4. The molecule has 0 saturated carbocycles. The van der Waals surface area contributed by atoms with Gasteiger partial charge in [-0.25, -0.2) is 8.42 Å². The predicted octanol–water partition coefficient (Wildman–Crippen LogP) is 2.91.